The highest BCUT2D eigenvalue weighted by molar-refractivity contribution is 5.80. The summed E-state index contributed by atoms with van der Waals surface area (Å²) < 4.78 is 5.89. The largest absolute Gasteiger partial charge is 0.374 e. The predicted octanol–water partition coefficient (Wildman–Crippen LogP) is 1.40. The van der Waals surface area contributed by atoms with Crippen molar-refractivity contribution in [3.63, 3.8) is 0 Å². The van der Waals surface area contributed by atoms with E-state index in [9.17, 15) is 0 Å². The zero-order valence-electron chi connectivity index (χ0n) is 14.0. The van der Waals surface area contributed by atoms with Gasteiger partial charge in [0.15, 0.2) is 5.96 Å². The van der Waals surface area contributed by atoms with Gasteiger partial charge in [-0.05, 0) is 25.7 Å². The Morgan fingerprint density at radius 2 is 2.05 bits per heavy atom. The molecule has 1 unspecified atom stereocenters. The fraction of sp³-hybridized carbons (Fsp3) is 0.938. The number of ether oxygens (including phenoxy) is 1. The van der Waals surface area contributed by atoms with Crippen LogP contribution in [0.4, 0.5) is 0 Å². The van der Waals surface area contributed by atoms with Gasteiger partial charge in [0.25, 0.3) is 0 Å². The summed E-state index contributed by atoms with van der Waals surface area (Å²) in [5, 5.41) is 3.41. The number of likely N-dealkylation sites (tertiary alicyclic amines) is 1. The van der Waals surface area contributed by atoms with E-state index in [0.717, 1.165) is 58.4 Å². The molecule has 0 aromatic rings. The van der Waals surface area contributed by atoms with Gasteiger partial charge in [0.05, 0.1) is 19.3 Å². The van der Waals surface area contributed by atoms with Crippen molar-refractivity contribution in [2.24, 2.45) is 10.9 Å². The van der Waals surface area contributed by atoms with Crippen molar-refractivity contribution >= 4 is 5.96 Å². The summed E-state index contributed by atoms with van der Waals surface area (Å²) in [6, 6.07) is 0. The van der Waals surface area contributed by atoms with Gasteiger partial charge < -0.3 is 15.0 Å². The average Bonchev–Trinajstić information content (AvgIpc) is 2.97. The highest BCUT2D eigenvalue weighted by Gasteiger charge is 2.22. The summed E-state index contributed by atoms with van der Waals surface area (Å²) in [6.07, 6.45) is 2.81. The van der Waals surface area contributed by atoms with Crippen LogP contribution >= 0.6 is 0 Å². The highest BCUT2D eigenvalue weighted by atomic mass is 16.5. The Bertz CT molecular complexity index is 326. The number of hydrogen-bond donors (Lipinski definition) is 1. The van der Waals surface area contributed by atoms with E-state index in [1.165, 1.54) is 12.8 Å². The fourth-order valence-electron chi connectivity index (χ4n) is 3.12. The molecule has 0 amide bonds. The number of rotatable bonds is 5. The lowest BCUT2D eigenvalue weighted by Gasteiger charge is -2.33. The van der Waals surface area contributed by atoms with Crippen LogP contribution in [0.3, 0.4) is 0 Å². The van der Waals surface area contributed by atoms with Gasteiger partial charge in [0, 0.05) is 39.3 Å². The second-order valence-corrected chi connectivity index (χ2v) is 6.54. The van der Waals surface area contributed by atoms with Crippen LogP contribution in [0, 0.1) is 5.92 Å². The lowest BCUT2D eigenvalue weighted by atomic mass is 10.2. The monoisotopic (exact) mass is 296 g/mol. The second-order valence-electron chi connectivity index (χ2n) is 6.54. The Morgan fingerprint density at radius 1 is 1.29 bits per heavy atom. The summed E-state index contributed by atoms with van der Waals surface area (Å²) >= 11 is 0. The normalized spacial score (nSPS) is 24.9. The number of nitrogens with zero attached hydrogens (tertiary/aromatic N) is 3. The van der Waals surface area contributed by atoms with Crippen LogP contribution in [0.5, 0.6) is 0 Å². The van der Waals surface area contributed by atoms with Gasteiger partial charge >= 0.3 is 0 Å². The summed E-state index contributed by atoms with van der Waals surface area (Å²) in [5.74, 6) is 1.79. The SMILES string of the molecule is CCNC(=NCC1CN(CC(C)C)CCO1)N1CCCC1. The molecule has 1 N–H and O–H groups in total. The highest BCUT2D eigenvalue weighted by Crippen LogP contribution is 2.10. The third-order valence-electron chi connectivity index (χ3n) is 4.03. The van der Waals surface area contributed by atoms with Crippen molar-refractivity contribution in [1.29, 1.82) is 0 Å². The molecule has 0 bridgehead atoms. The number of nitrogens with one attached hydrogen (secondary N) is 1. The molecule has 2 rings (SSSR count). The fourth-order valence-corrected chi connectivity index (χ4v) is 3.12. The topological polar surface area (TPSA) is 40.1 Å². The Balaban J connectivity index is 1.84. The minimum absolute atomic E-state index is 0.244. The Labute approximate surface area is 129 Å². The van der Waals surface area contributed by atoms with E-state index < -0.39 is 0 Å². The van der Waals surface area contributed by atoms with Gasteiger partial charge in [0.2, 0.25) is 0 Å². The van der Waals surface area contributed by atoms with Crippen LogP contribution in [-0.2, 0) is 4.74 Å². The van der Waals surface area contributed by atoms with E-state index in [-0.39, 0.29) is 6.10 Å². The van der Waals surface area contributed by atoms with E-state index in [1.807, 2.05) is 0 Å². The molecule has 0 aromatic carbocycles. The molecule has 0 radical (unpaired) electrons. The average molecular weight is 296 g/mol. The Kier molecular flexibility index (Phi) is 6.77. The first-order chi connectivity index (χ1) is 10.2. The van der Waals surface area contributed by atoms with Crippen molar-refractivity contribution in [2.75, 3.05) is 52.4 Å². The van der Waals surface area contributed by atoms with Crippen LogP contribution < -0.4 is 5.32 Å². The summed E-state index contributed by atoms with van der Waals surface area (Å²) in [4.78, 5) is 9.70. The standard InChI is InChI=1S/C16H32N4O/c1-4-17-16(20-7-5-6-8-20)18-11-15-13-19(9-10-21-15)12-14(2)3/h14-15H,4-13H2,1-3H3,(H,17,18). The van der Waals surface area contributed by atoms with E-state index in [0.29, 0.717) is 5.92 Å². The van der Waals surface area contributed by atoms with E-state index in [1.54, 1.807) is 0 Å². The summed E-state index contributed by atoms with van der Waals surface area (Å²) in [5.41, 5.74) is 0. The smallest absolute Gasteiger partial charge is 0.194 e. The van der Waals surface area contributed by atoms with Crippen LogP contribution in [0.1, 0.15) is 33.6 Å². The van der Waals surface area contributed by atoms with Gasteiger partial charge in [-0.25, -0.2) is 0 Å². The molecule has 0 spiro atoms. The first kappa shape index (κ1) is 16.6. The summed E-state index contributed by atoms with van der Waals surface area (Å²) in [7, 11) is 0. The molecule has 2 aliphatic rings. The molecule has 2 aliphatic heterocycles. The van der Waals surface area contributed by atoms with Crippen molar-refractivity contribution in [1.82, 2.24) is 15.1 Å². The summed E-state index contributed by atoms with van der Waals surface area (Å²) in [6.45, 7) is 14.7. The molecule has 2 heterocycles. The van der Waals surface area contributed by atoms with E-state index in [2.05, 4.69) is 35.9 Å². The second kappa shape index (κ2) is 8.59. The zero-order chi connectivity index (χ0) is 15.1. The molecule has 2 saturated heterocycles. The molecule has 0 aliphatic carbocycles. The van der Waals surface area contributed by atoms with Crippen LogP contribution in [0.15, 0.2) is 4.99 Å². The van der Waals surface area contributed by atoms with Crippen molar-refractivity contribution in [3.8, 4) is 0 Å². The van der Waals surface area contributed by atoms with Gasteiger partial charge in [-0.2, -0.15) is 0 Å². The minimum Gasteiger partial charge on any atom is -0.374 e. The van der Waals surface area contributed by atoms with Crippen molar-refractivity contribution in [2.45, 2.75) is 39.7 Å². The van der Waals surface area contributed by atoms with Crippen LogP contribution in [0.25, 0.3) is 0 Å². The molecule has 2 fully saturated rings. The van der Waals surface area contributed by atoms with Gasteiger partial charge in [-0.15, -0.1) is 0 Å². The van der Waals surface area contributed by atoms with E-state index >= 15 is 0 Å². The van der Waals surface area contributed by atoms with Gasteiger partial charge in [0.1, 0.15) is 0 Å². The molecular weight excluding hydrogens is 264 g/mol. The number of morpholine rings is 1. The number of guanidine groups is 1. The van der Waals surface area contributed by atoms with E-state index in [4.69, 9.17) is 9.73 Å². The molecule has 21 heavy (non-hydrogen) atoms. The zero-order valence-corrected chi connectivity index (χ0v) is 14.0. The Hall–Kier alpha value is -0.810. The maximum atomic E-state index is 5.89. The molecule has 0 aromatic heterocycles. The molecule has 0 saturated carbocycles. The third kappa shape index (κ3) is 5.47. The van der Waals surface area contributed by atoms with Crippen LogP contribution in [-0.4, -0.2) is 74.3 Å². The minimum atomic E-state index is 0.244. The van der Waals surface area contributed by atoms with Gasteiger partial charge in [-0.3, -0.25) is 9.89 Å². The predicted molar refractivity (Wildman–Crippen MR) is 87.8 cm³/mol. The molecule has 5 nitrogen and oxygen atoms in total. The lowest BCUT2D eigenvalue weighted by Crippen LogP contribution is -2.46. The lowest BCUT2D eigenvalue weighted by molar-refractivity contribution is -0.0262. The quantitative estimate of drug-likeness (QED) is 0.615. The van der Waals surface area contributed by atoms with Crippen molar-refractivity contribution in [3.05, 3.63) is 0 Å². The first-order valence-electron chi connectivity index (χ1n) is 8.56. The van der Waals surface area contributed by atoms with Crippen molar-refractivity contribution < 1.29 is 4.74 Å². The Morgan fingerprint density at radius 3 is 2.71 bits per heavy atom. The molecular formula is C16H32N4O. The van der Waals surface area contributed by atoms with Crippen LogP contribution in [0.2, 0.25) is 0 Å². The van der Waals surface area contributed by atoms with Gasteiger partial charge in [-0.1, -0.05) is 13.8 Å². The third-order valence-corrected chi connectivity index (χ3v) is 4.03. The molecule has 5 heteroatoms. The number of hydrogen-bond acceptors (Lipinski definition) is 3. The first-order valence-corrected chi connectivity index (χ1v) is 8.56. The molecule has 1 atom stereocenters. The molecule has 122 valence electrons. The maximum absolute atomic E-state index is 5.89. The maximum Gasteiger partial charge on any atom is 0.194 e. The number of aliphatic imine (C=N–C) groups is 1.